The first-order valence-electron chi connectivity index (χ1n) is 10.4. The third-order valence-corrected chi connectivity index (χ3v) is 5.67. The Morgan fingerprint density at radius 1 is 1.07 bits per heavy atom. The molecule has 0 radical (unpaired) electrons. The number of aryl methyl sites for hydroxylation is 1. The maximum absolute atomic E-state index is 12.7. The van der Waals surface area contributed by atoms with E-state index in [1.807, 2.05) is 13.0 Å². The topological polar surface area (TPSA) is 70.7 Å². The number of hydrogen-bond acceptors (Lipinski definition) is 4. The zero-order chi connectivity index (χ0) is 20.5. The van der Waals surface area contributed by atoms with Gasteiger partial charge in [0.1, 0.15) is 0 Å². The molecule has 0 bridgehead atoms. The molecule has 1 aliphatic rings. The van der Waals surface area contributed by atoms with Crippen LogP contribution in [0.15, 0.2) is 18.2 Å². The monoisotopic (exact) mass is 389 g/mol. The number of nitrogens with zero attached hydrogens (tertiary/aromatic N) is 1. The Balaban J connectivity index is 1.86. The van der Waals surface area contributed by atoms with Gasteiger partial charge in [0.05, 0.1) is 6.61 Å². The zero-order valence-electron chi connectivity index (χ0n) is 17.7. The van der Waals surface area contributed by atoms with Crippen LogP contribution in [0.2, 0.25) is 0 Å². The highest BCUT2D eigenvalue weighted by Crippen LogP contribution is 2.30. The molecule has 0 atom stereocenters. The molecule has 1 fully saturated rings. The average Bonchev–Trinajstić information content (AvgIpc) is 2.71. The maximum Gasteiger partial charge on any atom is 0.227 e. The lowest BCUT2D eigenvalue weighted by Gasteiger charge is -2.27. The second-order valence-electron chi connectivity index (χ2n) is 7.49. The molecular weight excluding hydrogens is 354 g/mol. The van der Waals surface area contributed by atoms with Gasteiger partial charge < -0.3 is 20.3 Å². The van der Waals surface area contributed by atoms with E-state index in [-0.39, 0.29) is 23.7 Å². The van der Waals surface area contributed by atoms with E-state index < -0.39 is 0 Å². The van der Waals surface area contributed by atoms with Crippen molar-refractivity contribution in [2.75, 3.05) is 43.6 Å². The lowest BCUT2D eigenvalue weighted by Crippen LogP contribution is -2.36. The van der Waals surface area contributed by atoms with Gasteiger partial charge in [-0.25, -0.2) is 0 Å². The first-order chi connectivity index (χ1) is 13.5. The summed E-state index contributed by atoms with van der Waals surface area (Å²) in [5, 5.41) is 5.99. The molecule has 2 amide bonds. The van der Waals surface area contributed by atoms with E-state index in [1.165, 1.54) is 5.69 Å². The molecule has 0 spiro atoms. The summed E-state index contributed by atoms with van der Waals surface area (Å²) in [4.78, 5) is 27.1. The van der Waals surface area contributed by atoms with Crippen LogP contribution in [0.1, 0.15) is 45.1 Å². The van der Waals surface area contributed by atoms with Crippen molar-refractivity contribution >= 4 is 23.2 Å². The van der Waals surface area contributed by atoms with Crippen LogP contribution in [0.4, 0.5) is 11.4 Å². The first-order valence-corrected chi connectivity index (χ1v) is 10.4. The molecule has 2 rings (SSSR count). The number of anilines is 2. The molecule has 0 saturated heterocycles. The summed E-state index contributed by atoms with van der Waals surface area (Å²) in [7, 11) is 1.62. The van der Waals surface area contributed by atoms with Crippen molar-refractivity contribution in [3.8, 4) is 0 Å². The summed E-state index contributed by atoms with van der Waals surface area (Å²) in [6, 6.07) is 6.19. The van der Waals surface area contributed by atoms with Gasteiger partial charge in [0, 0.05) is 50.0 Å². The number of ether oxygens (including phenoxy) is 1. The highest BCUT2D eigenvalue weighted by atomic mass is 16.5. The normalized spacial score (nSPS) is 19.1. The number of carbonyl (C=O) groups is 2. The van der Waals surface area contributed by atoms with Crippen LogP contribution in [0.25, 0.3) is 0 Å². The fourth-order valence-electron chi connectivity index (χ4n) is 3.85. The molecule has 6 nitrogen and oxygen atoms in total. The number of amides is 2. The lowest BCUT2D eigenvalue weighted by molar-refractivity contribution is -0.128. The van der Waals surface area contributed by atoms with Crippen molar-refractivity contribution in [3.63, 3.8) is 0 Å². The molecule has 0 aromatic heterocycles. The maximum atomic E-state index is 12.7. The third kappa shape index (κ3) is 5.96. The van der Waals surface area contributed by atoms with Gasteiger partial charge in [-0.2, -0.15) is 0 Å². The molecule has 0 heterocycles. The minimum Gasteiger partial charge on any atom is -0.383 e. The van der Waals surface area contributed by atoms with Crippen LogP contribution >= 0.6 is 0 Å². The Morgan fingerprint density at radius 3 is 2.21 bits per heavy atom. The Labute approximate surface area is 169 Å². The zero-order valence-corrected chi connectivity index (χ0v) is 17.7. The predicted octanol–water partition coefficient (Wildman–Crippen LogP) is 3.35. The molecule has 28 heavy (non-hydrogen) atoms. The van der Waals surface area contributed by atoms with Crippen LogP contribution in [0.5, 0.6) is 0 Å². The molecule has 6 heteroatoms. The van der Waals surface area contributed by atoms with Gasteiger partial charge in [-0.3, -0.25) is 9.59 Å². The van der Waals surface area contributed by atoms with Gasteiger partial charge >= 0.3 is 0 Å². The fraction of sp³-hybridized carbons (Fsp3) is 0.636. The number of hydrogen-bond donors (Lipinski definition) is 2. The Morgan fingerprint density at radius 2 is 1.68 bits per heavy atom. The van der Waals surface area contributed by atoms with E-state index in [4.69, 9.17) is 4.74 Å². The van der Waals surface area contributed by atoms with E-state index in [2.05, 4.69) is 41.5 Å². The summed E-state index contributed by atoms with van der Waals surface area (Å²) in [5.74, 6) is 0.136. The van der Waals surface area contributed by atoms with Crippen molar-refractivity contribution in [1.82, 2.24) is 5.32 Å². The second kappa shape index (κ2) is 11.1. The van der Waals surface area contributed by atoms with Crippen LogP contribution < -0.4 is 15.5 Å². The first kappa shape index (κ1) is 22.2. The molecule has 0 aliphatic heterocycles. The molecular formula is C22H35N3O3. The molecule has 1 aliphatic carbocycles. The highest BCUT2D eigenvalue weighted by molar-refractivity contribution is 5.93. The molecule has 156 valence electrons. The summed E-state index contributed by atoms with van der Waals surface area (Å²) in [6.45, 7) is 9.30. The molecule has 0 unspecified atom stereocenters. The molecule has 1 saturated carbocycles. The van der Waals surface area contributed by atoms with E-state index in [0.717, 1.165) is 50.0 Å². The summed E-state index contributed by atoms with van der Waals surface area (Å²) < 4.78 is 4.96. The Hall–Kier alpha value is -2.08. The number of methoxy groups -OCH3 is 1. The summed E-state index contributed by atoms with van der Waals surface area (Å²) in [5.41, 5.74) is 3.13. The minimum absolute atomic E-state index is 0.0102. The second-order valence-corrected chi connectivity index (χ2v) is 7.49. The number of nitrogens with one attached hydrogen (secondary N) is 2. The standard InChI is InChI=1S/C22H35N3O3/c1-5-25(6-2)19-11-12-20(16(3)15-19)24-22(27)18-9-7-17(8-10-18)21(26)23-13-14-28-4/h11-12,15,17-18H,5-10,13-14H2,1-4H3,(H,23,26)(H,24,27). The van der Waals surface area contributed by atoms with Gasteiger partial charge in [0.25, 0.3) is 0 Å². The number of carbonyl (C=O) groups excluding carboxylic acids is 2. The van der Waals surface area contributed by atoms with E-state index in [1.54, 1.807) is 7.11 Å². The van der Waals surface area contributed by atoms with Crippen molar-refractivity contribution in [2.45, 2.75) is 46.5 Å². The van der Waals surface area contributed by atoms with Crippen LogP contribution in [0.3, 0.4) is 0 Å². The number of rotatable bonds is 9. The highest BCUT2D eigenvalue weighted by Gasteiger charge is 2.30. The third-order valence-electron chi connectivity index (χ3n) is 5.67. The largest absolute Gasteiger partial charge is 0.383 e. The van der Waals surface area contributed by atoms with Crippen LogP contribution in [-0.2, 0) is 14.3 Å². The van der Waals surface area contributed by atoms with Gasteiger partial charge in [-0.15, -0.1) is 0 Å². The van der Waals surface area contributed by atoms with Gasteiger partial charge in [-0.1, -0.05) is 0 Å². The fourth-order valence-corrected chi connectivity index (χ4v) is 3.85. The summed E-state index contributed by atoms with van der Waals surface area (Å²) in [6.07, 6.45) is 3.03. The van der Waals surface area contributed by atoms with Crippen molar-refractivity contribution in [2.24, 2.45) is 11.8 Å². The lowest BCUT2D eigenvalue weighted by atomic mass is 9.81. The van der Waals surface area contributed by atoms with Gasteiger partial charge in [-0.05, 0) is 70.2 Å². The Kier molecular flexibility index (Phi) is 8.77. The quantitative estimate of drug-likeness (QED) is 0.636. The van der Waals surface area contributed by atoms with E-state index in [0.29, 0.717) is 13.2 Å². The number of benzene rings is 1. The van der Waals surface area contributed by atoms with Crippen molar-refractivity contribution in [3.05, 3.63) is 23.8 Å². The Bertz CT molecular complexity index is 650. The van der Waals surface area contributed by atoms with Gasteiger partial charge in [0.2, 0.25) is 11.8 Å². The van der Waals surface area contributed by atoms with E-state index >= 15 is 0 Å². The SMILES string of the molecule is CCN(CC)c1ccc(NC(=O)C2CCC(C(=O)NCCOC)CC2)c(C)c1. The van der Waals surface area contributed by atoms with Crippen molar-refractivity contribution < 1.29 is 14.3 Å². The minimum atomic E-state index is -0.0233. The van der Waals surface area contributed by atoms with Crippen molar-refractivity contribution in [1.29, 1.82) is 0 Å². The van der Waals surface area contributed by atoms with Crippen LogP contribution in [0, 0.1) is 18.8 Å². The smallest absolute Gasteiger partial charge is 0.227 e. The summed E-state index contributed by atoms with van der Waals surface area (Å²) >= 11 is 0. The molecule has 2 N–H and O–H groups in total. The van der Waals surface area contributed by atoms with Gasteiger partial charge in [0.15, 0.2) is 0 Å². The van der Waals surface area contributed by atoms with E-state index in [9.17, 15) is 9.59 Å². The predicted molar refractivity (Wildman–Crippen MR) is 114 cm³/mol. The molecule has 1 aromatic carbocycles. The van der Waals surface area contributed by atoms with Crippen LogP contribution in [-0.4, -0.2) is 45.2 Å². The average molecular weight is 390 g/mol. The molecule has 1 aromatic rings.